The van der Waals surface area contributed by atoms with Crippen molar-refractivity contribution in [2.24, 2.45) is 5.10 Å². The molecular formula is C19H18N4O2S. The minimum atomic E-state index is -0.0148. The van der Waals surface area contributed by atoms with Gasteiger partial charge in [0.1, 0.15) is 5.75 Å². The zero-order chi connectivity index (χ0) is 17.9. The second-order valence-electron chi connectivity index (χ2n) is 5.89. The largest absolute Gasteiger partial charge is 0.497 e. The SMILES string of the molecule is COc1ccc2nc(SCC(=O)N3CCC(c4ccccc4)=N3)[nH]c2c1. The second kappa shape index (κ2) is 7.21. The fourth-order valence-electron chi connectivity index (χ4n) is 2.84. The lowest BCUT2D eigenvalue weighted by Crippen LogP contribution is -2.25. The van der Waals surface area contributed by atoms with Gasteiger partial charge in [-0.25, -0.2) is 9.99 Å². The topological polar surface area (TPSA) is 70.6 Å². The van der Waals surface area contributed by atoms with Gasteiger partial charge in [-0.05, 0) is 17.7 Å². The minimum absolute atomic E-state index is 0.0148. The van der Waals surface area contributed by atoms with Crippen molar-refractivity contribution in [1.29, 1.82) is 0 Å². The van der Waals surface area contributed by atoms with Gasteiger partial charge < -0.3 is 9.72 Å². The Kier molecular flexibility index (Phi) is 4.62. The summed E-state index contributed by atoms with van der Waals surface area (Å²) in [5, 5.41) is 6.75. The number of thioether (sulfide) groups is 1. The Morgan fingerprint density at radius 1 is 1.27 bits per heavy atom. The maximum Gasteiger partial charge on any atom is 0.253 e. The third-order valence-corrected chi connectivity index (χ3v) is 5.05. The molecule has 26 heavy (non-hydrogen) atoms. The maximum absolute atomic E-state index is 12.4. The molecule has 4 rings (SSSR count). The number of amides is 1. The first-order valence-electron chi connectivity index (χ1n) is 8.33. The minimum Gasteiger partial charge on any atom is -0.497 e. The number of H-pyrrole nitrogens is 1. The quantitative estimate of drug-likeness (QED) is 0.704. The molecule has 0 radical (unpaired) electrons. The standard InChI is InChI=1S/C19H18N4O2S/c1-25-14-7-8-16-17(11-14)21-19(20-16)26-12-18(24)23-10-9-15(22-23)13-5-3-2-4-6-13/h2-8,11H,9-10,12H2,1H3,(H,20,21). The van der Waals surface area contributed by atoms with E-state index in [-0.39, 0.29) is 5.91 Å². The van der Waals surface area contributed by atoms with E-state index < -0.39 is 0 Å². The van der Waals surface area contributed by atoms with Gasteiger partial charge in [0.25, 0.3) is 5.91 Å². The number of hydrogen-bond donors (Lipinski definition) is 1. The summed E-state index contributed by atoms with van der Waals surface area (Å²) >= 11 is 1.38. The lowest BCUT2D eigenvalue weighted by Gasteiger charge is -2.10. The Balaban J connectivity index is 1.40. The normalized spacial score (nSPS) is 13.9. The maximum atomic E-state index is 12.4. The number of hydrogen-bond acceptors (Lipinski definition) is 5. The van der Waals surface area contributed by atoms with Crippen LogP contribution in [0.4, 0.5) is 0 Å². The third kappa shape index (κ3) is 3.43. The van der Waals surface area contributed by atoms with Crippen molar-refractivity contribution < 1.29 is 9.53 Å². The lowest BCUT2D eigenvalue weighted by molar-refractivity contribution is -0.127. The van der Waals surface area contributed by atoms with E-state index in [9.17, 15) is 4.79 Å². The molecule has 1 amide bonds. The molecule has 0 unspecified atom stereocenters. The number of aromatic nitrogens is 2. The number of aromatic amines is 1. The van der Waals surface area contributed by atoms with Crippen LogP contribution >= 0.6 is 11.8 Å². The number of ether oxygens (including phenoxy) is 1. The van der Waals surface area contributed by atoms with Gasteiger partial charge in [-0.3, -0.25) is 4.79 Å². The summed E-state index contributed by atoms with van der Waals surface area (Å²) < 4.78 is 5.21. The van der Waals surface area contributed by atoms with E-state index in [2.05, 4.69) is 15.1 Å². The number of carbonyl (C=O) groups is 1. The van der Waals surface area contributed by atoms with Crippen LogP contribution in [0.1, 0.15) is 12.0 Å². The Morgan fingerprint density at radius 2 is 2.12 bits per heavy atom. The predicted molar refractivity (Wildman–Crippen MR) is 103 cm³/mol. The molecule has 0 aliphatic carbocycles. The van der Waals surface area contributed by atoms with E-state index >= 15 is 0 Å². The molecule has 132 valence electrons. The van der Waals surface area contributed by atoms with Gasteiger partial charge in [-0.1, -0.05) is 42.1 Å². The van der Waals surface area contributed by atoms with Crippen molar-refractivity contribution in [3.8, 4) is 5.75 Å². The molecule has 0 fully saturated rings. The molecule has 0 saturated heterocycles. The van der Waals surface area contributed by atoms with Crippen molar-refractivity contribution in [2.75, 3.05) is 19.4 Å². The average molecular weight is 366 g/mol. The number of nitrogens with one attached hydrogen (secondary N) is 1. The first-order chi connectivity index (χ1) is 12.7. The van der Waals surface area contributed by atoms with E-state index in [0.717, 1.165) is 34.5 Å². The highest BCUT2D eigenvalue weighted by atomic mass is 32.2. The fourth-order valence-corrected chi connectivity index (χ4v) is 3.59. The molecule has 2 aromatic carbocycles. The second-order valence-corrected chi connectivity index (χ2v) is 6.86. The summed E-state index contributed by atoms with van der Waals surface area (Å²) in [7, 11) is 1.63. The molecule has 2 heterocycles. The molecule has 0 saturated carbocycles. The van der Waals surface area contributed by atoms with E-state index in [4.69, 9.17) is 4.74 Å². The predicted octanol–water partition coefficient (Wildman–Crippen LogP) is 3.30. The Morgan fingerprint density at radius 3 is 2.92 bits per heavy atom. The highest BCUT2D eigenvalue weighted by molar-refractivity contribution is 7.99. The summed E-state index contributed by atoms with van der Waals surface area (Å²) in [5.41, 5.74) is 3.78. The zero-order valence-electron chi connectivity index (χ0n) is 14.3. The van der Waals surface area contributed by atoms with Crippen LogP contribution in [0.5, 0.6) is 5.75 Å². The van der Waals surface area contributed by atoms with Gasteiger partial charge in [0.15, 0.2) is 5.16 Å². The van der Waals surface area contributed by atoms with E-state index in [1.54, 1.807) is 12.1 Å². The van der Waals surface area contributed by atoms with Gasteiger partial charge in [-0.15, -0.1) is 0 Å². The molecule has 1 N–H and O–H groups in total. The summed E-state index contributed by atoms with van der Waals surface area (Å²) in [6.45, 7) is 0.626. The van der Waals surface area contributed by atoms with Crippen LogP contribution in [-0.4, -0.2) is 46.0 Å². The summed E-state index contributed by atoms with van der Waals surface area (Å²) in [6.07, 6.45) is 0.783. The van der Waals surface area contributed by atoms with Gasteiger partial charge in [0.2, 0.25) is 0 Å². The molecule has 1 aromatic heterocycles. The monoisotopic (exact) mass is 366 g/mol. The van der Waals surface area contributed by atoms with Crippen LogP contribution in [0.2, 0.25) is 0 Å². The van der Waals surface area contributed by atoms with Crippen molar-refractivity contribution in [2.45, 2.75) is 11.6 Å². The van der Waals surface area contributed by atoms with Gasteiger partial charge in [-0.2, -0.15) is 5.10 Å². The summed E-state index contributed by atoms with van der Waals surface area (Å²) in [4.78, 5) is 20.2. The first kappa shape index (κ1) is 16.7. The van der Waals surface area contributed by atoms with Crippen LogP contribution in [0, 0.1) is 0 Å². The number of hydrazone groups is 1. The molecule has 3 aromatic rings. The van der Waals surface area contributed by atoms with E-state index in [0.29, 0.717) is 17.5 Å². The molecule has 1 aliphatic heterocycles. The number of carbonyl (C=O) groups excluding carboxylic acids is 1. The molecule has 0 bridgehead atoms. The van der Waals surface area contributed by atoms with Crippen LogP contribution in [-0.2, 0) is 4.79 Å². The number of rotatable bonds is 5. The Bertz CT molecular complexity index is 968. The van der Waals surface area contributed by atoms with Gasteiger partial charge >= 0.3 is 0 Å². The summed E-state index contributed by atoms with van der Waals surface area (Å²) in [6, 6.07) is 15.6. The van der Waals surface area contributed by atoms with E-state index in [1.165, 1.54) is 11.8 Å². The van der Waals surface area contributed by atoms with Crippen molar-refractivity contribution >= 4 is 34.4 Å². The smallest absolute Gasteiger partial charge is 0.253 e. The number of imidazole rings is 1. The fraction of sp³-hybridized carbons (Fsp3) is 0.211. The molecule has 0 atom stereocenters. The first-order valence-corrected chi connectivity index (χ1v) is 9.31. The zero-order valence-corrected chi connectivity index (χ0v) is 15.1. The van der Waals surface area contributed by atoms with Crippen LogP contribution in [0.15, 0.2) is 58.8 Å². The third-order valence-electron chi connectivity index (χ3n) is 4.20. The van der Waals surface area contributed by atoms with Crippen LogP contribution < -0.4 is 4.74 Å². The van der Waals surface area contributed by atoms with Crippen LogP contribution in [0.25, 0.3) is 11.0 Å². The van der Waals surface area contributed by atoms with Gasteiger partial charge in [0, 0.05) is 12.5 Å². The highest BCUT2D eigenvalue weighted by Crippen LogP contribution is 2.24. The Labute approximate surface area is 155 Å². The molecular weight excluding hydrogens is 348 g/mol. The molecule has 0 spiro atoms. The van der Waals surface area contributed by atoms with Crippen molar-refractivity contribution in [1.82, 2.24) is 15.0 Å². The van der Waals surface area contributed by atoms with E-state index in [1.807, 2.05) is 48.5 Å². The molecule has 7 heteroatoms. The lowest BCUT2D eigenvalue weighted by atomic mass is 10.1. The molecule has 1 aliphatic rings. The van der Waals surface area contributed by atoms with Crippen LogP contribution in [0.3, 0.4) is 0 Å². The average Bonchev–Trinajstić information content (AvgIpc) is 3.33. The number of nitrogens with zero attached hydrogens (tertiary/aromatic N) is 3. The Hall–Kier alpha value is -2.80. The number of methoxy groups -OCH3 is 1. The number of benzene rings is 2. The van der Waals surface area contributed by atoms with Crippen molar-refractivity contribution in [3.05, 3.63) is 54.1 Å². The summed E-state index contributed by atoms with van der Waals surface area (Å²) in [5.74, 6) is 1.05. The van der Waals surface area contributed by atoms with Gasteiger partial charge in [0.05, 0.1) is 36.2 Å². The number of fused-ring (bicyclic) bond motifs is 1. The highest BCUT2D eigenvalue weighted by Gasteiger charge is 2.21. The van der Waals surface area contributed by atoms with Crippen molar-refractivity contribution in [3.63, 3.8) is 0 Å². The molecule has 6 nitrogen and oxygen atoms in total.